The number of nitrogens with one attached hydrogen (secondary N) is 2. The normalized spacial score (nSPS) is 16.6. The van der Waals surface area contributed by atoms with Gasteiger partial charge in [0.05, 0.1) is 13.3 Å². The highest BCUT2D eigenvalue weighted by atomic mass is 16.3. The lowest BCUT2D eigenvalue weighted by Gasteiger charge is -2.32. The molecule has 2 heterocycles. The second-order valence-electron chi connectivity index (χ2n) is 7.15. The van der Waals surface area contributed by atoms with Gasteiger partial charge in [0, 0.05) is 24.5 Å². The smallest absolute Gasteiger partial charge is 0.279 e. The minimum atomic E-state index is 0.0172. The summed E-state index contributed by atoms with van der Waals surface area (Å²) in [5, 5.41) is 2.98. The van der Waals surface area contributed by atoms with Crippen LogP contribution in [0.3, 0.4) is 0 Å². The molecule has 1 atom stereocenters. The second-order valence-corrected chi connectivity index (χ2v) is 7.15. The molecule has 1 aromatic carbocycles. The number of anilines is 2. The molecule has 134 valence electrons. The molecule has 1 fully saturated rings. The SMILES string of the molecule is CC1CCN(c2ccc(NC(=O)C[NH+](C)Cc3ccco3)cc2)CC1. The van der Waals surface area contributed by atoms with Gasteiger partial charge in [-0.2, -0.15) is 0 Å². The minimum Gasteiger partial charge on any atom is -0.463 e. The predicted octanol–water partition coefficient (Wildman–Crippen LogP) is 2.17. The maximum Gasteiger partial charge on any atom is 0.279 e. The number of piperidine rings is 1. The molecular weight excluding hydrogens is 314 g/mol. The van der Waals surface area contributed by atoms with Crippen LogP contribution in [-0.4, -0.2) is 32.6 Å². The molecule has 2 N–H and O–H groups in total. The van der Waals surface area contributed by atoms with Gasteiger partial charge in [-0.05, 0) is 55.2 Å². The Morgan fingerprint density at radius 3 is 2.60 bits per heavy atom. The number of rotatable bonds is 6. The summed E-state index contributed by atoms with van der Waals surface area (Å²) in [6, 6.07) is 12.0. The van der Waals surface area contributed by atoms with Crippen molar-refractivity contribution in [1.82, 2.24) is 0 Å². The summed E-state index contributed by atoms with van der Waals surface area (Å²) >= 11 is 0. The van der Waals surface area contributed by atoms with Crippen LogP contribution in [0.15, 0.2) is 47.1 Å². The van der Waals surface area contributed by atoms with Crippen molar-refractivity contribution in [2.45, 2.75) is 26.3 Å². The van der Waals surface area contributed by atoms with Gasteiger partial charge in [-0.1, -0.05) is 6.92 Å². The van der Waals surface area contributed by atoms with Crippen molar-refractivity contribution in [2.24, 2.45) is 5.92 Å². The van der Waals surface area contributed by atoms with Gasteiger partial charge in [0.25, 0.3) is 5.91 Å². The molecular formula is C20H28N3O2+. The minimum absolute atomic E-state index is 0.0172. The number of carbonyl (C=O) groups is 1. The second kappa shape index (κ2) is 8.21. The molecule has 1 saturated heterocycles. The highest BCUT2D eigenvalue weighted by Crippen LogP contribution is 2.24. The van der Waals surface area contributed by atoms with Gasteiger partial charge < -0.3 is 19.5 Å². The van der Waals surface area contributed by atoms with Crippen LogP contribution in [0.5, 0.6) is 0 Å². The predicted molar refractivity (Wildman–Crippen MR) is 99.8 cm³/mol. The third kappa shape index (κ3) is 5.10. The Morgan fingerprint density at radius 2 is 1.96 bits per heavy atom. The molecule has 0 aliphatic carbocycles. The number of quaternary nitrogens is 1. The molecule has 1 aromatic heterocycles. The van der Waals surface area contributed by atoms with Crippen LogP contribution in [0.25, 0.3) is 0 Å². The molecule has 1 aliphatic rings. The lowest BCUT2D eigenvalue weighted by molar-refractivity contribution is -0.886. The van der Waals surface area contributed by atoms with Gasteiger partial charge in [0.1, 0.15) is 6.54 Å². The van der Waals surface area contributed by atoms with Crippen LogP contribution in [0.4, 0.5) is 11.4 Å². The number of carbonyl (C=O) groups excluding carboxylic acids is 1. The monoisotopic (exact) mass is 342 g/mol. The fourth-order valence-corrected chi connectivity index (χ4v) is 3.27. The van der Waals surface area contributed by atoms with Crippen LogP contribution in [0, 0.1) is 5.92 Å². The number of amides is 1. The summed E-state index contributed by atoms with van der Waals surface area (Å²) in [5.41, 5.74) is 2.09. The summed E-state index contributed by atoms with van der Waals surface area (Å²) in [4.78, 5) is 15.7. The zero-order valence-electron chi connectivity index (χ0n) is 15.1. The molecule has 1 aliphatic heterocycles. The zero-order chi connectivity index (χ0) is 17.6. The Bertz CT molecular complexity index is 659. The van der Waals surface area contributed by atoms with Gasteiger partial charge in [0.2, 0.25) is 0 Å². The van der Waals surface area contributed by atoms with Crippen molar-refractivity contribution < 1.29 is 14.1 Å². The van der Waals surface area contributed by atoms with E-state index in [9.17, 15) is 4.79 Å². The Kier molecular flexibility index (Phi) is 5.76. The molecule has 0 spiro atoms. The van der Waals surface area contributed by atoms with Crippen LogP contribution in [-0.2, 0) is 11.3 Å². The fourth-order valence-electron chi connectivity index (χ4n) is 3.27. The maximum atomic E-state index is 12.2. The number of benzene rings is 1. The highest BCUT2D eigenvalue weighted by Gasteiger charge is 2.16. The van der Waals surface area contributed by atoms with Crippen LogP contribution >= 0.6 is 0 Å². The number of hydrogen-bond acceptors (Lipinski definition) is 3. The van der Waals surface area contributed by atoms with E-state index < -0.39 is 0 Å². The summed E-state index contributed by atoms with van der Waals surface area (Å²) in [6.45, 7) is 5.67. The van der Waals surface area contributed by atoms with Gasteiger partial charge in [0.15, 0.2) is 12.3 Å². The van der Waals surface area contributed by atoms with Gasteiger partial charge in [-0.25, -0.2) is 0 Å². The molecule has 5 heteroatoms. The van der Waals surface area contributed by atoms with Crippen molar-refractivity contribution in [2.75, 3.05) is 36.9 Å². The molecule has 1 amide bonds. The fraction of sp³-hybridized carbons (Fsp3) is 0.450. The Morgan fingerprint density at radius 1 is 1.24 bits per heavy atom. The van der Waals surface area contributed by atoms with E-state index in [2.05, 4.69) is 29.3 Å². The average molecular weight is 342 g/mol. The van der Waals surface area contributed by atoms with E-state index in [1.54, 1.807) is 6.26 Å². The molecule has 1 unspecified atom stereocenters. The number of furan rings is 1. The van der Waals surface area contributed by atoms with Gasteiger partial charge in [-0.3, -0.25) is 4.79 Å². The summed E-state index contributed by atoms with van der Waals surface area (Å²) in [7, 11) is 1.99. The van der Waals surface area contributed by atoms with Crippen LogP contribution in [0.2, 0.25) is 0 Å². The van der Waals surface area contributed by atoms with E-state index in [4.69, 9.17) is 4.42 Å². The maximum absolute atomic E-state index is 12.2. The molecule has 0 bridgehead atoms. The topological polar surface area (TPSA) is 49.9 Å². The molecule has 3 rings (SSSR count). The summed E-state index contributed by atoms with van der Waals surface area (Å²) < 4.78 is 5.32. The first-order chi connectivity index (χ1) is 12.1. The molecule has 2 aromatic rings. The lowest BCUT2D eigenvalue weighted by atomic mass is 9.99. The first kappa shape index (κ1) is 17.5. The number of nitrogens with zero attached hydrogens (tertiary/aromatic N) is 1. The van der Waals surface area contributed by atoms with E-state index in [1.807, 2.05) is 31.3 Å². The van der Waals surface area contributed by atoms with Crippen molar-refractivity contribution in [3.8, 4) is 0 Å². The summed E-state index contributed by atoms with van der Waals surface area (Å²) in [5.74, 6) is 1.74. The molecule has 25 heavy (non-hydrogen) atoms. The quantitative estimate of drug-likeness (QED) is 0.846. The van der Waals surface area contributed by atoms with Crippen LogP contribution in [0.1, 0.15) is 25.5 Å². The van der Waals surface area contributed by atoms with Crippen molar-refractivity contribution in [1.29, 1.82) is 0 Å². The first-order valence-electron chi connectivity index (χ1n) is 9.08. The number of hydrogen-bond donors (Lipinski definition) is 2. The molecule has 0 saturated carbocycles. The molecule has 5 nitrogen and oxygen atoms in total. The third-order valence-corrected chi connectivity index (χ3v) is 4.82. The summed E-state index contributed by atoms with van der Waals surface area (Å²) in [6.07, 6.45) is 4.17. The zero-order valence-corrected chi connectivity index (χ0v) is 15.1. The van der Waals surface area contributed by atoms with Gasteiger partial charge in [-0.15, -0.1) is 0 Å². The van der Waals surface area contributed by atoms with Crippen molar-refractivity contribution in [3.63, 3.8) is 0 Å². The van der Waals surface area contributed by atoms with E-state index >= 15 is 0 Å². The first-order valence-corrected chi connectivity index (χ1v) is 9.08. The largest absolute Gasteiger partial charge is 0.463 e. The van der Waals surface area contributed by atoms with E-state index in [-0.39, 0.29) is 5.91 Å². The Balaban J connectivity index is 1.48. The van der Waals surface area contributed by atoms with E-state index in [0.717, 1.165) is 35.4 Å². The Hall–Kier alpha value is -2.27. The van der Waals surface area contributed by atoms with E-state index in [0.29, 0.717) is 13.1 Å². The lowest BCUT2D eigenvalue weighted by Crippen LogP contribution is -3.08. The van der Waals surface area contributed by atoms with Gasteiger partial charge >= 0.3 is 0 Å². The number of likely N-dealkylation sites (N-methyl/N-ethyl adjacent to an activating group) is 1. The van der Waals surface area contributed by atoms with E-state index in [1.165, 1.54) is 18.5 Å². The standard InChI is InChI=1S/C20H27N3O2/c1-16-9-11-23(12-10-16)18-7-5-17(6-8-18)21-20(24)15-22(2)14-19-4-3-13-25-19/h3-8,13,16H,9-12,14-15H2,1-2H3,(H,21,24)/p+1. The van der Waals surface area contributed by atoms with Crippen LogP contribution < -0.4 is 15.1 Å². The highest BCUT2D eigenvalue weighted by molar-refractivity contribution is 5.91. The van der Waals surface area contributed by atoms with Crippen molar-refractivity contribution >= 4 is 17.3 Å². The third-order valence-electron chi connectivity index (χ3n) is 4.82. The van der Waals surface area contributed by atoms with Crippen molar-refractivity contribution in [3.05, 3.63) is 48.4 Å². The molecule has 0 radical (unpaired) electrons. The average Bonchev–Trinajstić information content (AvgIpc) is 3.09. The Labute approximate surface area is 149 Å².